The van der Waals surface area contributed by atoms with Crippen molar-refractivity contribution in [2.24, 2.45) is 5.73 Å². The Morgan fingerprint density at radius 1 is 1.20 bits per heavy atom. The molecular weight excluding hydrogens is 260 g/mol. The van der Waals surface area contributed by atoms with Gasteiger partial charge in [-0.25, -0.2) is 8.78 Å². The van der Waals surface area contributed by atoms with Crippen molar-refractivity contribution in [3.8, 4) is 0 Å². The lowest BCUT2D eigenvalue weighted by Gasteiger charge is -2.22. The zero-order valence-corrected chi connectivity index (χ0v) is 11.0. The molecule has 2 aromatic rings. The number of hydrogen-bond acceptors (Lipinski definition) is 2. The second kappa shape index (κ2) is 5.69. The highest BCUT2D eigenvalue weighted by molar-refractivity contribution is 6.00. The Morgan fingerprint density at radius 3 is 2.55 bits per heavy atom. The molecule has 104 valence electrons. The van der Waals surface area contributed by atoms with Crippen LogP contribution in [0.15, 0.2) is 42.5 Å². The standard InChI is InChI=1S/C15H15F2N3/c1-20(9-10-4-2-3-5-13(10)17)14-7-6-11(16)8-12(14)15(18)19/h2-8H,9H2,1H3,(H3,18,19). The first-order valence-corrected chi connectivity index (χ1v) is 6.07. The molecule has 0 aliphatic rings. The molecule has 5 heteroatoms. The Morgan fingerprint density at radius 2 is 1.90 bits per heavy atom. The summed E-state index contributed by atoms with van der Waals surface area (Å²) in [6.45, 7) is 0.304. The van der Waals surface area contributed by atoms with Gasteiger partial charge in [0.15, 0.2) is 0 Å². The number of benzene rings is 2. The van der Waals surface area contributed by atoms with Crippen molar-refractivity contribution in [3.05, 3.63) is 65.2 Å². The monoisotopic (exact) mass is 275 g/mol. The van der Waals surface area contributed by atoms with Crippen LogP contribution in [0.2, 0.25) is 0 Å². The van der Waals surface area contributed by atoms with Crippen LogP contribution < -0.4 is 10.6 Å². The highest BCUT2D eigenvalue weighted by atomic mass is 19.1. The fourth-order valence-corrected chi connectivity index (χ4v) is 2.02. The molecule has 3 nitrogen and oxygen atoms in total. The fraction of sp³-hybridized carbons (Fsp3) is 0.133. The van der Waals surface area contributed by atoms with Gasteiger partial charge in [0, 0.05) is 30.4 Å². The van der Waals surface area contributed by atoms with Crippen molar-refractivity contribution in [2.45, 2.75) is 6.54 Å². The predicted molar refractivity (Wildman–Crippen MR) is 75.9 cm³/mol. The number of hydrogen-bond donors (Lipinski definition) is 2. The van der Waals surface area contributed by atoms with Crippen molar-refractivity contribution in [3.63, 3.8) is 0 Å². The Kier molecular flexibility index (Phi) is 3.98. The third-order valence-electron chi connectivity index (χ3n) is 3.03. The normalized spacial score (nSPS) is 10.3. The summed E-state index contributed by atoms with van der Waals surface area (Å²) in [6.07, 6.45) is 0. The smallest absolute Gasteiger partial charge is 0.128 e. The van der Waals surface area contributed by atoms with Gasteiger partial charge in [0.25, 0.3) is 0 Å². The maximum absolute atomic E-state index is 13.6. The van der Waals surface area contributed by atoms with E-state index in [2.05, 4.69) is 0 Å². The third kappa shape index (κ3) is 2.93. The molecule has 0 saturated heterocycles. The number of nitrogens with two attached hydrogens (primary N) is 1. The lowest BCUT2D eigenvalue weighted by atomic mass is 10.1. The zero-order valence-electron chi connectivity index (χ0n) is 11.0. The highest BCUT2D eigenvalue weighted by Crippen LogP contribution is 2.22. The summed E-state index contributed by atoms with van der Waals surface area (Å²) >= 11 is 0. The van der Waals surface area contributed by atoms with E-state index in [1.165, 1.54) is 24.3 Å². The Hall–Kier alpha value is -2.43. The SMILES string of the molecule is CN(Cc1ccccc1F)c1ccc(F)cc1C(=N)N. The van der Waals surface area contributed by atoms with Gasteiger partial charge in [0.1, 0.15) is 17.5 Å². The van der Waals surface area contributed by atoms with Crippen molar-refractivity contribution in [1.82, 2.24) is 0 Å². The Labute approximate surface area is 116 Å². The van der Waals surface area contributed by atoms with Gasteiger partial charge in [-0.1, -0.05) is 18.2 Å². The highest BCUT2D eigenvalue weighted by Gasteiger charge is 2.12. The van der Waals surface area contributed by atoms with Crippen LogP contribution in [0.4, 0.5) is 14.5 Å². The van der Waals surface area contributed by atoms with Crippen LogP contribution >= 0.6 is 0 Å². The minimum atomic E-state index is -0.460. The molecule has 0 aromatic heterocycles. The van der Waals surface area contributed by atoms with Crippen molar-refractivity contribution < 1.29 is 8.78 Å². The first-order chi connectivity index (χ1) is 9.49. The summed E-state index contributed by atoms with van der Waals surface area (Å²) in [6, 6.07) is 10.5. The number of nitrogens with zero attached hydrogens (tertiary/aromatic N) is 1. The Bertz CT molecular complexity index is 641. The molecule has 0 atom stereocenters. The summed E-state index contributed by atoms with van der Waals surface area (Å²) in [5, 5.41) is 7.50. The zero-order chi connectivity index (χ0) is 14.7. The first kappa shape index (κ1) is 14.0. The molecular formula is C15H15F2N3. The first-order valence-electron chi connectivity index (χ1n) is 6.07. The summed E-state index contributed by atoms with van der Waals surface area (Å²) in [4.78, 5) is 1.73. The topological polar surface area (TPSA) is 53.1 Å². The molecule has 0 unspecified atom stereocenters. The average Bonchev–Trinajstić information content (AvgIpc) is 2.41. The number of amidine groups is 1. The molecule has 0 fully saturated rings. The van der Waals surface area contributed by atoms with Crippen LogP contribution in [0.1, 0.15) is 11.1 Å². The van der Waals surface area contributed by atoms with Crippen molar-refractivity contribution in [1.29, 1.82) is 5.41 Å². The summed E-state index contributed by atoms with van der Waals surface area (Å²) < 4.78 is 26.9. The van der Waals surface area contributed by atoms with E-state index < -0.39 is 5.82 Å². The molecule has 0 bridgehead atoms. The van der Waals surface area contributed by atoms with Crippen LogP contribution in [0.25, 0.3) is 0 Å². The van der Waals surface area contributed by atoms with Gasteiger partial charge in [0.2, 0.25) is 0 Å². The van der Waals surface area contributed by atoms with Crippen molar-refractivity contribution in [2.75, 3.05) is 11.9 Å². The molecule has 0 saturated carbocycles. The molecule has 0 radical (unpaired) electrons. The van der Waals surface area contributed by atoms with Gasteiger partial charge in [0.05, 0.1) is 0 Å². The van der Waals surface area contributed by atoms with Crippen LogP contribution in [0.3, 0.4) is 0 Å². The van der Waals surface area contributed by atoms with Gasteiger partial charge in [-0.2, -0.15) is 0 Å². The van der Waals surface area contributed by atoms with Gasteiger partial charge >= 0.3 is 0 Å². The summed E-state index contributed by atoms with van der Waals surface area (Å²) in [5.41, 5.74) is 6.86. The van der Waals surface area contributed by atoms with E-state index in [-0.39, 0.29) is 11.7 Å². The number of rotatable bonds is 4. The minimum Gasteiger partial charge on any atom is -0.384 e. The number of nitrogen functional groups attached to an aromatic ring is 1. The van der Waals surface area contributed by atoms with Gasteiger partial charge in [-0.15, -0.1) is 0 Å². The van der Waals surface area contributed by atoms with E-state index in [1.54, 1.807) is 30.1 Å². The molecule has 2 rings (SSSR count). The predicted octanol–water partition coefficient (Wildman–Crippen LogP) is 2.89. The van der Waals surface area contributed by atoms with E-state index in [9.17, 15) is 8.78 Å². The van der Waals surface area contributed by atoms with E-state index in [0.29, 0.717) is 23.4 Å². The largest absolute Gasteiger partial charge is 0.384 e. The molecule has 0 aliphatic heterocycles. The maximum atomic E-state index is 13.6. The molecule has 0 aliphatic carbocycles. The van der Waals surface area contributed by atoms with Crippen LogP contribution in [0.5, 0.6) is 0 Å². The number of halogens is 2. The van der Waals surface area contributed by atoms with E-state index in [1.807, 2.05) is 0 Å². The molecule has 0 spiro atoms. The minimum absolute atomic E-state index is 0.222. The molecule has 2 aromatic carbocycles. The summed E-state index contributed by atoms with van der Waals surface area (Å²) in [7, 11) is 1.74. The molecule has 0 heterocycles. The lowest BCUT2D eigenvalue weighted by Crippen LogP contribution is -2.22. The maximum Gasteiger partial charge on any atom is 0.128 e. The second-order valence-electron chi connectivity index (χ2n) is 4.52. The van der Waals surface area contributed by atoms with Crippen LogP contribution in [-0.2, 0) is 6.54 Å². The van der Waals surface area contributed by atoms with Crippen LogP contribution in [-0.4, -0.2) is 12.9 Å². The van der Waals surface area contributed by atoms with E-state index in [4.69, 9.17) is 11.1 Å². The number of anilines is 1. The van der Waals surface area contributed by atoms with Crippen molar-refractivity contribution >= 4 is 11.5 Å². The molecule has 20 heavy (non-hydrogen) atoms. The van der Waals surface area contributed by atoms with Gasteiger partial charge in [-0.3, -0.25) is 5.41 Å². The number of nitrogens with one attached hydrogen (secondary N) is 1. The second-order valence-corrected chi connectivity index (χ2v) is 4.52. The fourth-order valence-electron chi connectivity index (χ4n) is 2.02. The Balaban J connectivity index is 2.32. The lowest BCUT2D eigenvalue weighted by molar-refractivity contribution is 0.607. The summed E-state index contributed by atoms with van der Waals surface area (Å²) in [5.74, 6) is -0.982. The van der Waals surface area contributed by atoms with Gasteiger partial charge in [-0.05, 0) is 24.3 Å². The van der Waals surface area contributed by atoms with E-state index >= 15 is 0 Å². The molecule has 3 N–H and O–H groups in total. The third-order valence-corrected chi connectivity index (χ3v) is 3.03. The quantitative estimate of drug-likeness (QED) is 0.666. The van der Waals surface area contributed by atoms with E-state index in [0.717, 1.165) is 0 Å². The molecule has 0 amide bonds. The van der Waals surface area contributed by atoms with Crippen LogP contribution in [0, 0.1) is 17.0 Å². The average molecular weight is 275 g/mol. The van der Waals surface area contributed by atoms with Gasteiger partial charge < -0.3 is 10.6 Å².